The van der Waals surface area contributed by atoms with E-state index in [1.54, 1.807) is 42.5 Å². The zero-order valence-corrected chi connectivity index (χ0v) is 18.0. The molecule has 0 fully saturated rings. The summed E-state index contributed by atoms with van der Waals surface area (Å²) in [5.41, 5.74) is -0.542. The van der Waals surface area contributed by atoms with E-state index in [-0.39, 0.29) is 12.4 Å². The molecule has 0 saturated heterocycles. The maximum absolute atomic E-state index is 11.7. The second kappa shape index (κ2) is 9.29. The lowest BCUT2D eigenvalue weighted by Crippen LogP contribution is -2.14. The lowest BCUT2D eigenvalue weighted by molar-refractivity contribution is -0.387. The van der Waals surface area contributed by atoms with E-state index in [2.05, 4.69) is 25.9 Å². The molecule has 0 atom stereocenters. The van der Waals surface area contributed by atoms with Gasteiger partial charge < -0.3 is 14.8 Å². The fourth-order valence-corrected chi connectivity index (χ4v) is 3.40. The number of nitrogens with zero attached hydrogens (tertiary/aromatic N) is 2. The van der Waals surface area contributed by atoms with Crippen LogP contribution in [0.25, 0.3) is 12.2 Å². The van der Waals surface area contributed by atoms with E-state index in [9.17, 15) is 20.0 Å². The van der Waals surface area contributed by atoms with Crippen LogP contribution in [0.5, 0.6) is 11.6 Å². The van der Waals surface area contributed by atoms with Gasteiger partial charge in [-0.3, -0.25) is 14.9 Å². The Kier molecular flexibility index (Phi) is 6.76. The minimum absolute atomic E-state index is 0.0306. The normalized spacial score (nSPS) is 11.0. The quantitative estimate of drug-likeness (QED) is 0.346. The van der Waals surface area contributed by atoms with Crippen molar-refractivity contribution in [3.8, 4) is 11.6 Å². The molecule has 11 heteroatoms. The monoisotopic (exact) mass is 511 g/mol. The third kappa shape index (κ3) is 5.18. The standard InChI is InChI=1S/C19H12BrCl2N3O5/c20-13-7-10(2-6-16-23-18(26)17(25(28)29)19(27)24-16)1-5-15(13)30-9-11-3-4-12(21)8-14(11)22/h1-8H,9H2,(H2,23,24,26,27)/b6-2-. The predicted molar refractivity (Wildman–Crippen MR) is 117 cm³/mol. The first-order valence-corrected chi connectivity index (χ1v) is 9.81. The van der Waals surface area contributed by atoms with Gasteiger partial charge in [-0.2, -0.15) is 4.98 Å². The number of ether oxygens (including phenoxy) is 1. The molecule has 1 heterocycles. The Bertz CT molecular complexity index is 1210. The van der Waals surface area contributed by atoms with E-state index in [0.717, 1.165) is 11.1 Å². The highest BCUT2D eigenvalue weighted by Gasteiger charge is 2.21. The van der Waals surface area contributed by atoms with Crippen LogP contribution >= 0.6 is 39.1 Å². The minimum Gasteiger partial charge on any atom is -0.488 e. The Morgan fingerprint density at radius 2 is 2.00 bits per heavy atom. The van der Waals surface area contributed by atoms with Crippen LogP contribution in [0.4, 0.5) is 5.69 Å². The van der Waals surface area contributed by atoms with Gasteiger partial charge in [-0.15, -0.1) is 0 Å². The second-order valence-corrected chi connectivity index (χ2v) is 7.63. The Morgan fingerprint density at radius 3 is 2.63 bits per heavy atom. The van der Waals surface area contributed by atoms with Gasteiger partial charge in [0, 0.05) is 15.6 Å². The molecule has 2 aromatic carbocycles. The first-order valence-electron chi connectivity index (χ1n) is 8.26. The van der Waals surface area contributed by atoms with E-state index in [4.69, 9.17) is 27.9 Å². The number of aromatic nitrogens is 2. The largest absolute Gasteiger partial charge is 0.488 e. The molecule has 30 heavy (non-hydrogen) atoms. The number of nitrogens with one attached hydrogen (secondary N) is 1. The number of hydrogen-bond donors (Lipinski definition) is 2. The van der Waals surface area contributed by atoms with Crippen LogP contribution < -0.4 is 10.3 Å². The predicted octanol–water partition coefficient (Wildman–Crippen LogP) is 5.20. The molecule has 3 aromatic rings. The average Bonchev–Trinajstić information content (AvgIpc) is 2.66. The lowest BCUT2D eigenvalue weighted by Gasteiger charge is -2.10. The van der Waals surface area contributed by atoms with E-state index >= 15 is 0 Å². The molecule has 0 saturated carbocycles. The Balaban J connectivity index is 1.74. The van der Waals surface area contributed by atoms with Gasteiger partial charge in [0.1, 0.15) is 18.2 Å². The molecule has 0 unspecified atom stereocenters. The van der Waals surface area contributed by atoms with Crippen LogP contribution in [0.2, 0.25) is 10.0 Å². The van der Waals surface area contributed by atoms with Gasteiger partial charge in [0.2, 0.25) is 0 Å². The Hall–Kier alpha value is -2.88. The van der Waals surface area contributed by atoms with Gasteiger partial charge >= 0.3 is 11.2 Å². The number of aromatic hydroxyl groups is 1. The third-order valence-electron chi connectivity index (χ3n) is 3.87. The van der Waals surface area contributed by atoms with E-state index < -0.39 is 22.0 Å². The number of halogens is 3. The molecular formula is C19H12BrCl2N3O5. The summed E-state index contributed by atoms with van der Waals surface area (Å²) in [7, 11) is 0. The molecule has 2 N–H and O–H groups in total. The molecular weight excluding hydrogens is 501 g/mol. The molecule has 0 spiro atoms. The van der Waals surface area contributed by atoms with E-state index in [1.165, 1.54) is 6.08 Å². The van der Waals surface area contributed by atoms with Gasteiger partial charge in [0.15, 0.2) is 0 Å². The molecule has 0 bridgehead atoms. The first-order chi connectivity index (χ1) is 14.2. The number of H-pyrrole nitrogens is 1. The smallest absolute Gasteiger partial charge is 0.395 e. The number of rotatable bonds is 6. The highest BCUT2D eigenvalue weighted by molar-refractivity contribution is 9.10. The third-order valence-corrected chi connectivity index (χ3v) is 5.07. The van der Waals surface area contributed by atoms with Gasteiger partial charge in [-0.25, -0.2) is 0 Å². The molecule has 154 valence electrons. The van der Waals surface area contributed by atoms with Crippen LogP contribution in [-0.4, -0.2) is 20.0 Å². The molecule has 3 rings (SSSR count). The van der Waals surface area contributed by atoms with Crippen LogP contribution in [0.1, 0.15) is 17.0 Å². The van der Waals surface area contributed by atoms with Crippen molar-refractivity contribution in [1.82, 2.24) is 9.97 Å². The minimum atomic E-state index is -1.04. The number of benzene rings is 2. The highest BCUT2D eigenvalue weighted by atomic mass is 79.9. The second-order valence-electron chi connectivity index (χ2n) is 5.93. The van der Waals surface area contributed by atoms with Gasteiger partial charge in [0.05, 0.1) is 9.40 Å². The summed E-state index contributed by atoms with van der Waals surface area (Å²) in [5.74, 6) is -0.399. The summed E-state index contributed by atoms with van der Waals surface area (Å²) in [6.45, 7) is 0.247. The van der Waals surface area contributed by atoms with Crippen molar-refractivity contribution in [2.24, 2.45) is 0 Å². The van der Waals surface area contributed by atoms with Crippen molar-refractivity contribution in [3.63, 3.8) is 0 Å². The van der Waals surface area contributed by atoms with Crippen LogP contribution in [-0.2, 0) is 6.61 Å². The number of hydrogen-bond acceptors (Lipinski definition) is 6. The van der Waals surface area contributed by atoms with Crippen LogP contribution in [0.15, 0.2) is 45.7 Å². The molecule has 8 nitrogen and oxygen atoms in total. The summed E-state index contributed by atoms with van der Waals surface area (Å²) < 4.78 is 6.44. The van der Waals surface area contributed by atoms with Crippen molar-refractivity contribution in [2.45, 2.75) is 6.61 Å². The lowest BCUT2D eigenvalue weighted by atomic mass is 10.2. The summed E-state index contributed by atoms with van der Waals surface area (Å²) in [6.07, 6.45) is 3.01. The molecule has 1 aromatic heterocycles. The fourth-order valence-electron chi connectivity index (χ4n) is 2.42. The number of nitro groups is 1. The summed E-state index contributed by atoms with van der Waals surface area (Å²) in [6, 6.07) is 10.4. The molecule has 0 aliphatic carbocycles. The summed E-state index contributed by atoms with van der Waals surface area (Å²) in [4.78, 5) is 27.2. The maximum atomic E-state index is 11.7. The Labute approximate surface area is 188 Å². The van der Waals surface area contributed by atoms with Crippen molar-refractivity contribution in [3.05, 3.63) is 88.3 Å². The van der Waals surface area contributed by atoms with Crippen molar-refractivity contribution in [2.75, 3.05) is 0 Å². The van der Waals surface area contributed by atoms with Crippen molar-refractivity contribution >= 4 is 57.0 Å². The zero-order valence-electron chi connectivity index (χ0n) is 14.9. The molecule has 0 aliphatic rings. The topological polar surface area (TPSA) is 118 Å². The highest BCUT2D eigenvalue weighted by Crippen LogP contribution is 2.29. The first kappa shape index (κ1) is 21.8. The van der Waals surface area contributed by atoms with E-state index in [0.29, 0.717) is 20.3 Å². The molecule has 0 amide bonds. The summed E-state index contributed by atoms with van der Waals surface area (Å²) in [5, 5.41) is 21.3. The molecule has 0 radical (unpaired) electrons. The SMILES string of the molecule is O=c1[nH]c(/C=C\c2ccc(OCc3ccc(Cl)cc3Cl)c(Br)c2)nc(O)c1[N+](=O)[O-]. The van der Waals surface area contributed by atoms with Gasteiger partial charge in [0.25, 0.3) is 5.88 Å². The van der Waals surface area contributed by atoms with E-state index in [1.807, 2.05) is 0 Å². The van der Waals surface area contributed by atoms with Crippen LogP contribution in [0, 0.1) is 10.1 Å². The zero-order chi connectivity index (χ0) is 21.8. The number of aromatic amines is 1. The van der Waals surface area contributed by atoms with Crippen molar-refractivity contribution in [1.29, 1.82) is 0 Å². The molecule has 0 aliphatic heterocycles. The van der Waals surface area contributed by atoms with Gasteiger partial charge in [-0.1, -0.05) is 41.4 Å². The fraction of sp³-hybridized carbons (Fsp3) is 0.0526. The van der Waals surface area contributed by atoms with Crippen LogP contribution in [0.3, 0.4) is 0 Å². The average molecular weight is 513 g/mol. The summed E-state index contributed by atoms with van der Waals surface area (Å²) >= 11 is 15.4. The maximum Gasteiger partial charge on any atom is 0.395 e. The van der Waals surface area contributed by atoms with Gasteiger partial charge in [-0.05, 0) is 51.8 Å². The van der Waals surface area contributed by atoms with Crippen molar-refractivity contribution < 1.29 is 14.8 Å². The Morgan fingerprint density at radius 1 is 1.23 bits per heavy atom.